The van der Waals surface area contributed by atoms with Gasteiger partial charge >= 0.3 is 5.97 Å². The van der Waals surface area contributed by atoms with Crippen LogP contribution in [0.2, 0.25) is 0 Å². The van der Waals surface area contributed by atoms with Gasteiger partial charge in [0.1, 0.15) is 5.84 Å². The average Bonchev–Trinajstić information content (AvgIpc) is 3.16. The molecule has 1 aliphatic heterocycles. The minimum Gasteiger partial charge on any atom is -0.478 e. The number of amides is 3. The fourth-order valence-electron chi connectivity index (χ4n) is 3.77. The molecule has 9 nitrogen and oxygen atoms in total. The zero-order valence-electron chi connectivity index (χ0n) is 18.5. The molecule has 3 amide bonds. The highest BCUT2D eigenvalue weighted by Gasteiger charge is 2.38. The monoisotopic (exact) mass is 476 g/mol. The molecule has 0 radical (unpaired) electrons. The van der Waals surface area contributed by atoms with Crippen molar-refractivity contribution in [2.75, 3.05) is 5.32 Å². The first-order valence-electron chi connectivity index (χ1n) is 10.3. The van der Waals surface area contributed by atoms with Gasteiger partial charge in [-0.1, -0.05) is 36.1 Å². The standard InChI is InChI=1S/C27H16N4O5/c1-3-14-9-5-7-11-18(14)29-23(28)16-13-17-21(26(34)31-24(17)32)22(27(35)36)20(16)25(33)30-19-12-8-6-10-15(19)4-2/h1-2,5-13H,(H2,28,29)(H,30,33)(H,35,36)(H,31,32,34). The number of carboxylic acids is 1. The molecule has 0 saturated carbocycles. The molecular weight excluding hydrogens is 460 g/mol. The van der Waals surface area contributed by atoms with E-state index in [9.17, 15) is 24.3 Å². The molecule has 0 aromatic heterocycles. The first kappa shape index (κ1) is 23.5. The fraction of sp³-hybridized carbons (Fsp3) is 0. The number of carbonyl (C=O) groups is 4. The maximum atomic E-state index is 13.5. The van der Waals surface area contributed by atoms with Crippen molar-refractivity contribution in [2.24, 2.45) is 10.7 Å². The quantitative estimate of drug-likeness (QED) is 0.192. The molecule has 0 unspecified atom stereocenters. The summed E-state index contributed by atoms with van der Waals surface area (Å²) in [6, 6.07) is 14.1. The summed E-state index contributed by atoms with van der Waals surface area (Å²) in [5.74, 6) is 0.241. The van der Waals surface area contributed by atoms with Crippen LogP contribution in [-0.2, 0) is 0 Å². The zero-order valence-corrected chi connectivity index (χ0v) is 18.5. The maximum Gasteiger partial charge on any atom is 0.337 e. The molecule has 0 atom stereocenters. The number of hydrogen-bond donors (Lipinski definition) is 4. The molecule has 174 valence electrons. The molecule has 0 spiro atoms. The third kappa shape index (κ3) is 4.04. The Bertz CT molecular complexity index is 1610. The molecule has 1 heterocycles. The number of hydrogen-bond acceptors (Lipinski definition) is 5. The van der Waals surface area contributed by atoms with Crippen LogP contribution in [0.1, 0.15) is 58.1 Å². The van der Waals surface area contributed by atoms with Gasteiger partial charge in [0.25, 0.3) is 17.7 Å². The molecule has 3 aromatic carbocycles. The molecule has 4 rings (SSSR count). The second-order valence-electron chi connectivity index (χ2n) is 7.49. The number of para-hydroxylation sites is 2. The number of rotatable bonds is 5. The number of benzene rings is 3. The molecule has 3 aromatic rings. The molecule has 0 bridgehead atoms. The molecule has 5 N–H and O–H groups in total. The van der Waals surface area contributed by atoms with Crippen LogP contribution in [0.5, 0.6) is 0 Å². The van der Waals surface area contributed by atoms with E-state index in [0.717, 1.165) is 6.07 Å². The van der Waals surface area contributed by atoms with Gasteiger partial charge < -0.3 is 16.2 Å². The number of carboxylic acid groups (broad SMARTS) is 1. The van der Waals surface area contributed by atoms with Crippen LogP contribution in [0.25, 0.3) is 0 Å². The average molecular weight is 476 g/mol. The molecular formula is C27H16N4O5. The smallest absolute Gasteiger partial charge is 0.337 e. The summed E-state index contributed by atoms with van der Waals surface area (Å²) in [6.07, 6.45) is 11.0. The van der Waals surface area contributed by atoms with Crippen LogP contribution in [0.15, 0.2) is 59.6 Å². The highest BCUT2D eigenvalue weighted by atomic mass is 16.4. The largest absolute Gasteiger partial charge is 0.478 e. The van der Waals surface area contributed by atoms with Crippen molar-refractivity contribution in [1.29, 1.82) is 0 Å². The van der Waals surface area contributed by atoms with Crippen molar-refractivity contribution < 1.29 is 24.3 Å². The zero-order chi connectivity index (χ0) is 26.0. The highest BCUT2D eigenvalue weighted by Crippen LogP contribution is 2.30. The van der Waals surface area contributed by atoms with E-state index in [1.807, 2.05) is 5.32 Å². The lowest BCUT2D eigenvalue weighted by Crippen LogP contribution is -2.27. The van der Waals surface area contributed by atoms with E-state index in [2.05, 4.69) is 22.2 Å². The van der Waals surface area contributed by atoms with Crippen LogP contribution < -0.4 is 16.4 Å². The second-order valence-corrected chi connectivity index (χ2v) is 7.49. The number of nitrogens with one attached hydrogen (secondary N) is 2. The molecule has 36 heavy (non-hydrogen) atoms. The van der Waals surface area contributed by atoms with Crippen LogP contribution in [0.3, 0.4) is 0 Å². The Labute approximate surface area is 205 Å². The molecule has 0 saturated heterocycles. The summed E-state index contributed by atoms with van der Waals surface area (Å²) in [4.78, 5) is 55.0. The number of nitrogens with two attached hydrogens (primary N) is 1. The van der Waals surface area contributed by atoms with Crippen molar-refractivity contribution in [3.63, 3.8) is 0 Å². The van der Waals surface area contributed by atoms with E-state index in [4.69, 9.17) is 18.6 Å². The summed E-state index contributed by atoms with van der Waals surface area (Å²) < 4.78 is 0. The summed E-state index contributed by atoms with van der Waals surface area (Å²) in [5.41, 5.74) is 5.40. The fourth-order valence-corrected chi connectivity index (χ4v) is 3.77. The number of fused-ring (bicyclic) bond motifs is 1. The van der Waals surface area contributed by atoms with E-state index >= 15 is 0 Å². The normalized spacial score (nSPS) is 12.2. The van der Waals surface area contributed by atoms with Crippen LogP contribution in [0, 0.1) is 24.7 Å². The van der Waals surface area contributed by atoms with Crippen LogP contribution >= 0.6 is 0 Å². The first-order chi connectivity index (χ1) is 17.3. The number of anilines is 1. The molecule has 9 heteroatoms. The number of aromatic carboxylic acids is 1. The predicted molar refractivity (Wildman–Crippen MR) is 132 cm³/mol. The van der Waals surface area contributed by atoms with Crippen molar-refractivity contribution in [3.8, 4) is 24.7 Å². The number of imide groups is 1. The lowest BCUT2D eigenvalue weighted by atomic mass is 9.91. The highest BCUT2D eigenvalue weighted by molar-refractivity contribution is 6.29. The minimum atomic E-state index is -1.62. The van der Waals surface area contributed by atoms with Gasteiger partial charge in [-0.05, 0) is 30.3 Å². The number of carbonyl (C=O) groups excluding carboxylic acids is 3. The lowest BCUT2D eigenvalue weighted by Gasteiger charge is -2.16. The van der Waals surface area contributed by atoms with Gasteiger partial charge in [-0.25, -0.2) is 9.79 Å². The Hall–Kier alpha value is -5.67. The van der Waals surface area contributed by atoms with E-state index in [-0.39, 0.29) is 28.3 Å². The maximum absolute atomic E-state index is 13.5. The minimum absolute atomic E-state index is 0.182. The third-order valence-electron chi connectivity index (χ3n) is 5.37. The van der Waals surface area contributed by atoms with Gasteiger partial charge in [-0.15, -0.1) is 12.8 Å². The lowest BCUT2D eigenvalue weighted by molar-refractivity contribution is 0.0686. The SMILES string of the molecule is C#Cc1ccccc1N=C(N)c1cc2c(c(C(=O)O)c1C(=O)Nc1ccccc1C#C)C(=O)NC2=O. The Morgan fingerprint density at radius 3 is 2.25 bits per heavy atom. The number of terminal acetylenes is 2. The molecule has 1 aliphatic rings. The molecule has 0 fully saturated rings. The summed E-state index contributed by atoms with van der Waals surface area (Å²) >= 11 is 0. The van der Waals surface area contributed by atoms with Crippen LogP contribution in [0.4, 0.5) is 11.4 Å². The Balaban J connectivity index is 2.00. The number of nitrogens with zero attached hydrogens (tertiary/aromatic N) is 1. The van der Waals surface area contributed by atoms with Crippen LogP contribution in [-0.4, -0.2) is 34.6 Å². The summed E-state index contributed by atoms with van der Waals surface area (Å²) in [7, 11) is 0. The molecule has 0 aliphatic carbocycles. The van der Waals surface area contributed by atoms with Crippen molar-refractivity contribution in [2.45, 2.75) is 0 Å². The van der Waals surface area contributed by atoms with Gasteiger partial charge in [0.05, 0.1) is 33.6 Å². The van der Waals surface area contributed by atoms with Gasteiger partial charge in [0.15, 0.2) is 0 Å². The third-order valence-corrected chi connectivity index (χ3v) is 5.37. The van der Waals surface area contributed by atoms with E-state index in [1.165, 1.54) is 6.07 Å². The Morgan fingerprint density at radius 2 is 1.58 bits per heavy atom. The second kappa shape index (κ2) is 9.29. The van der Waals surface area contributed by atoms with E-state index in [1.54, 1.807) is 42.5 Å². The Morgan fingerprint density at radius 1 is 0.944 bits per heavy atom. The van der Waals surface area contributed by atoms with Crippen molar-refractivity contribution in [1.82, 2.24) is 5.32 Å². The van der Waals surface area contributed by atoms with Gasteiger partial charge in [0.2, 0.25) is 0 Å². The van der Waals surface area contributed by atoms with Gasteiger partial charge in [-0.2, -0.15) is 0 Å². The Kier molecular flexibility index (Phi) is 6.06. The van der Waals surface area contributed by atoms with Crippen molar-refractivity contribution >= 4 is 40.9 Å². The van der Waals surface area contributed by atoms with E-state index in [0.29, 0.717) is 11.1 Å². The number of amidine groups is 1. The predicted octanol–water partition coefficient (Wildman–Crippen LogP) is 2.52. The van der Waals surface area contributed by atoms with E-state index < -0.39 is 40.4 Å². The summed E-state index contributed by atoms with van der Waals surface area (Å²) in [5, 5.41) is 14.6. The summed E-state index contributed by atoms with van der Waals surface area (Å²) in [6.45, 7) is 0. The topological polar surface area (TPSA) is 151 Å². The number of aliphatic imine (C=N–C) groups is 1. The van der Waals surface area contributed by atoms with Crippen molar-refractivity contribution in [3.05, 3.63) is 93.5 Å². The van der Waals surface area contributed by atoms with Gasteiger partial charge in [0, 0.05) is 16.7 Å². The first-order valence-corrected chi connectivity index (χ1v) is 10.3. The van der Waals surface area contributed by atoms with Gasteiger partial charge in [-0.3, -0.25) is 19.7 Å².